The Morgan fingerprint density at radius 3 is 2.80 bits per heavy atom. The number of hydrogen-bond donors (Lipinski definition) is 3. The topological polar surface area (TPSA) is 66.0 Å². The molecule has 0 amide bonds. The number of nitrogens with zero attached hydrogens (tertiary/aromatic N) is 1. The zero-order chi connectivity index (χ0) is 14.4. The molecule has 2 aliphatic heterocycles. The molecule has 0 spiro atoms. The van der Waals surface area contributed by atoms with Gasteiger partial charge in [0.25, 0.3) is 0 Å². The van der Waals surface area contributed by atoms with E-state index in [0.717, 1.165) is 25.9 Å². The first-order valence-electron chi connectivity index (χ1n) is 7.73. The molecule has 20 heavy (non-hydrogen) atoms. The lowest BCUT2D eigenvalue weighted by atomic mass is 10.2. The fourth-order valence-corrected chi connectivity index (χ4v) is 2.95. The average molecular weight is 287 g/mol. The monoisotopic (exact) mass is 287 g/mol. The fraction of sp³-hybridized carbons (Fsp3) is 1.00. The Morgan fingerprint density at radius 1 is 1.40 bits per heavy atom. The summed E-state index contributed by atoms with van der Waals surface area (Å²) in [6, 6.07) is 0.716. The molecule has 2 rings (SSSR count). The van der Waals surface area contributed by atoms with Gasteiger partial charge in [-0.25, -0.2) is 0 Å². The van der Waals surface area contributed by atoms with Crippen LogP contribution in [-0.2, 0) is 9.47 Å². The molecule has 0 aliphatic carbocycles. The zero-order valence-electron chi connectivity index (χ0n) is 12.7. The van der Waals surface area contributed by atoms with Gasteiger partial charge in [-0.2, -0.15) is 0 Å². The molecule has 2 aliphatic rings. The molecular weight excluding hydrogens is 258 g/mol. The summed E-state index contributed by atoms with van der Waals surface area (Å²) in [5, 5.41) is 15.6. The molecule has 2 fully saturated rings. The van der Waals surface area contributed by atoms with Gasteiger partial charge >= 0.3 is 0 Å². The van der Waals surface area contributed by atoms with E-state index in [9.17, 15) is 5.11 Å². The maximum absolute atomic E-state index is 9.27. The largest absolute Gasteiger partial charge is 0.392 e. The number of nitrogens with one attached hydrogen (secondary N) is 2. The van der Waals surface area contributed by atoms with E-state index in [4.69, 9.17) is 9.47 Å². The number of ether oxygens (including phenoxy) is 2. The standard InChI is InChI=1S/C14H29N3O3/c1-15-13(9-18)20-14(12-6-3-7-16-12)19-10-11-5-4-8-17(11)2/h11-16,18H,3-10H2,1-2H3/t11-,12-,13?,14?/m1/s1. The molecule has 2 heterocycles. The van der Waals surface area contributed by atoms with Crippen LogP contribution in [0.4, 0.5) is 0 Å². The lowest BCUT2D eigenvalue weighted by Gasteiger charge is -2.30. The van der Waals surface area contributed by atoms with Crippen molar-refractivity contribution in [2.45, 2.75) is 50.3 Å². The average Bonchev–Trinajstić information content (AvgIpc) is 3.11. The molecule has 0 aromatic carbocycles. The first-order valence-corrected chi connectivity index (χ1v) is 7.73. The first kappa shape index (κ1) is 16.1. The second kappa shape index (κ2) is 8.26. The van der Waals surface area contributed by atoms with Crippen LogP contribution < -0.4 is 10.6 Å². The molecule has 118 valence electrons. The minimum absolute atomic E-state index is 0.0492. The lowest BCUT2D eigenvalue weighted by molar-refractivity contribution is -0.201. The highest BCUT2D eigenvalue weighted by atomic mass is 16.7. The van der Waals surface area contributed by atoms with Gasteiger partial charge in [0.15, 0.2) is 6.29 Å². The summed E-state index contributed by atoms with van der Waals surface area (Å²) in [4.78, 5) is 2.35. The minimum Gasteiger partial charge on any atom is -0.392 e. The van der Waals surface area contributed by atoms with Gasteiger partial charge in [0.05, 0.1) is 19.3 Å². The number of aliphatic hydroxyl groups excluding tert-OH is 1. The van der Waals surface area contributed by atoms with Crippen LogP contribution in [0, 0.1) is 0 Å². The predicted octanol–water partition coefficient (Wildman–Crippen LogP) is -0.270. The number of likely N-dealkylation sites (tertiary alicyclic amines) is 1. The van der Waals surface area contributed by atoms with Crippen LogP contribution in [0.2, 0.25) is 0 Å². The Balaban J connectivity index is 1.84. The molecule has 3 N–H and O–H groups in total. The zero-order valence-corrected chi connectivity index (χ0v) is 12.7. The van der Waals surface area contributed by atoms with Crippen molar-refractivity contribution in [3.05, 3.63) is 0 Å². The second-order valence-electron chi connectivity index (χ2n) is 5.78. The Labute approximate surface area is 121 Å². The Kier molecular flexibility index (Phi) is 6.67. The minimum atomic E-state index is -0.372. The molecule has 0 aromatic heterocycles. The highest BCUT2D eigenvalue weighted by Crippen LogP contribution is 2.19. The Bertz CT molecular complexity index is 270. The van der Waals surface area contributed by atoms with Crippen LogP contribution in [0.3, 0.4) is 0 Å². The van der Waals surface area contributed by atoms with E-state index in [1.807, 2.05) is 0 Å². The third-order valence-electron chi connectivity index (χ3n) is 4.34. The third kappa shape index (κ3) is 4.38. The van der Waals surface area contributed by atoms with Crippen molar-refractivity contribution in [3.8, 4) is 0 Å². The lowest BCUT2D eigenvalue weighted by Crippen LogP contribution is -2.46. The van der Waals surface area contributed by atoms with Crippen molar-refractivity contribution in [2.24, 2.45) is 0 Å². The summed E-state index contributed by atoms with van der Waals surface area (Å²) in [5.41, 5.74) is 0. The summed E-state index contributed by atoms with van der Waals surface area (Å²) in [5.74, 6) is 0. The molecule has 2 unspecified atom stereocenters. The molecule has 6 nitrogen and oxygen atoms in total. The first-order chi connectivity index (χ1) is 9.74. The van der Waals surface area contributed by atoms with Gasteiger partial charge in [-0.15, -0.1) is 0 Å². The summed E-state index contributed by atoms with van der Waals surface area (Å²) in [6.45, 7) is 2.81. The van der Waals surface area contributed by atoms with Gasteiger partial charge < -0.3 is 24.8 Å². The third-order valence-corrected chi connectivity index (χ3v) is 4.34. The molecule has 2 saturated heterocycles. The number of aliphatic hydroxyl groups is 1. The summed E-state index contributed by atoms with van der Waals surface area (Å²) in [6.07, 6.45) is 3.98. The van der Waals surface area contributed by atoms with Gasteiger partial charge in [0.1, 0.15) is 6.23 Å². The van der Waals surface area contributed by atoms with Crippen LogP contribution in [0.15, 0.2) is 0 Å². The van der Waals surface area contributed by atoms with Gasteiger partial charge in [0.2, 0.25) is 0 Å². The molecular formula is C14H29N3O3. The van der Waals surface area contributed by atoms with E-state index in [1.165, 1.54) is 12.8 Å². The van der Waals surface area contributed by atoms with Gasteiger partial charge in [-0.3, -0.25) is 5.32 Å². The van der Waals surface area contributed by atoms with Crippen molar-refractivity contribution in [1.29, 1.82) is 0 Å². The van der Waals surface area contributed by atoms with E-state index >= 15 is 0 Å². The van der Waals surface area contributed by atoms with Gasteiger partial charge in [-0.05, 0) is 52.9 Å². The quantitative estimate of drug-likeness (QED) is 0.534. The highest BCUT2D eigenvalue weighted by molar-refractivity contribution is 4.80. The fourth-order valence-electron chi connectivity index (χ4n) is 2.95. The van der Waals surface area contributed by atoms with Crippen molar-refractivity contribution < 1.29 is 14.6 Å². The Hall–Kier alpha value is -0.240. The predicted molar refractivity (Wildman–Crippen MR) is 77.4 cm³/mol. The van der Waals surface area contributed by atoms with E-state index in [2.05, 4.69) is 22.6 Å². The molecule has 0 aromatic rings. The van der Waals surface area contributed by atoms with Gasteiger partial charge in [-0.1, -0.05) is 0 Å². The highest BCUT2D eigenvalue weighted by Gasteiger charge is 2.30. The molecule has 6 heteroatoms. The molecule has 0 radical (unpaired) electrons. The normalized spacial score (nSPS) is 30.8. The van der Waals surface area contributed by atoms with Crippen LogP contribution in [0.5, 0.6) is 0 Å². The van der Waals surface area contributed by atoms with Crippen LogP contribution >= 0.6 is 0 Å². The SMILES string of the molecule is CNC(CO)OC(OC[C@H]1CCCN1C)[C@H]1CCCN1. The maximum Gasteiger partial charge on any atom is 0.174 e. The molecule has 4 atom stereocenters. The number of likely N-dealkylation sites (N-methyl/N-ethyl adjacent to an activating group) is 2. The number of rotatable bonds is 8. The van der Waals surface area contributed by atoms with Crippen molar-refractivity contribution in [2.75, 3.05) is 40.4 Å². The number of hydrogen-bond acceptors (Lipinski definition) is 6. The van der Waals surface area contributed by atoms with E-state index in [1.54, 1.807) is 7.05 Å². The van der Waals surface area contributed by atoms with Crippen LogP contribution in [0.1, 0.15) is 25.7 Å². The van der Waals surface area contributed by atoms with Gasteiger partial charge in [0, 0.05) is 6.04 Å². The van der Waals surface area contributed by atoms with E-state index in [-0.39, 0.29) is 25.2 Å². The smallest absolute Gasteiger partial charge is 0.174 e. The van der Waals surface area contributed by atoms with Crippen molar-refractivity contribution in [3.63, 3.8) is 0 Å². The second-order valence-corrected chi connectivity index (χ2v) is 5.78. The Morgan fingerprint density at radius 2 is 2.25 bits per heavy atom. The summed E-state index contributed by atoms with van der Waals surface area (Å²) >= 11 is 0. The summed E-state index contributed by atoms with van der Waals surface area (Å²) in [7, 11) is 3.93. The van der Waals surface area contributed by atoms with Crippen LogP contribution in [-0.4, -0.2) is 75.0 Å². The summed E-state index contributed by atoms with van der Waals surface area (Å²) < 4.78 is 11.9. The molecule has 0 bridgehead atoms. The van der Waals surface area contributed by atoms with Crippen LogP contribution in [0.25, 0.3) is 0 Å². The molecule has 0 saturated carbocycles. The maximum atomic E-state index is 9.27. The van der Waals surface area contributed by atoms with E-state index in [0.29, 0.717) is 12.6 Å². The van der Waals surface area contributed by atoms with Crippen molar-refractivity contribution >= 4 is 0 Å². The van der Waals surface area contributed by atoms with E-state index < -0.39 is 0 Å². The van der Waals surface area contributed by atoms with Crippen molar-refractivity contribution in [1.82, 2.24) is 15.5 Å².